The maximum absolute atomic E-state index is 2.57. The maximum Gasteiger partial charge on any atom is 0.0261 e. The Morgan fingerprint density at radius 2 is 2.18 bits per heavy atom. The van der Waals surface area contributed by atoms with Crippen molar-refractivity contribution < 1.29 is 0 Å². The van der Waals surface area contributed by atoms with E-state index in [0.29, 0.717) is 0 Å². The Hall–Kier alpha value is -0.0800. The van der Waals surface area contributed by atoms with Crippen LogP contribution < -0.4 is 0 Å². The molecule has 2 aliphatic heterocycles. The van der Waals surface area contributed by atoms with E-state index in [1.807, 2.05) is 0 Å². The third-order valence-electron chi connectivity index (χ3n) is 3.35. The van der Waals surface area contributed by atoms with Crippen molar-refractivity contribution in [3.8, 4) is 0 Å². The lowest BCUT2D eigenvalue weighted by Crippen LogP contribution is -2.31. The van der Waals surface area contributed by atoms with E-state index >= 15 is 0 Å². The van der Waals surface area contributed by atoms with Gasteiger partial charge in [0.05, 0.1) is 0 Å². The van der Waals surface area contributed by atoms with Crippen LogP contribution in [-0.4, -0.2) is 49.1 Å². The van der Waals surface area contributed by atoms with Crippen LogP contribution in [0, 0.1) is 5.92 Å². The molecule has 2 unspecified atom stereocenters. The third-order valence-corrected chi connectivity index (χ3v) is 3.35. The number of nitrogens with zero attached hydrogens (tertiary/aromatic N) is 2. The molecule has 2 aliphatic rings. The Kier molecular flexibility index (Phi) is 1.90. The highest BCUT2D eigenvalue weighted by atomic mass is 15.3. The number of likely N-dealkylation sites (N-methyl/N-ethyl adjacent to an activating group) is 2. The van der Waals surface area contributed by atoms with Crippen LogP contribution in [0.15, 0.2) is 0 Å². The molecule has 0 saturated carbocycles. The van der Waals surface area contributed by atoms with Crippen LogP contribution in [0.25, 0.3) is 0 Å². The number of hydrogen-bond acceptors (Lipinski definition) is 2. The lowest BCUT2D eigenvalue weighted by molar-refractivity contribution is 0.267. The molecule has 2 saturated heterocycles. The van der Waals surface area contributed by atoms with Gasteiger partial charge in [0.25, 0.3) is 0 Å². The van der Waals surface area contributed by atoms with E-state index in [-0.39, 0.29) is 0 Å². The topological polar surface area (TPSA) is 6.48 Å². The average Bonchev–Trinajstić information content (AvgIpc) is 2.53. The van der Waals surface area contributed by atoms with Gasteiger partial charge in [-0.2, -0.15) is 0 Å². The van der Waals surface area contributed by atoms with Crippen molar-refractivity contribution in [2.45, 2.75) is 19.4 Å². The molecular weight excluding hydrogens is 136 g/mol. The van der Waals surface area contributed by atoms with E-state index in [9.17, 15) is 0 Å². The Bertz CT molecular complexity index is 146. The van der Waals surface area contributed by atoms with Gasteiger partial charge in [0, 0.05) is 19.1 Å². The molecule has 11 heavy (non-hydrogen) atoms. The molecule has 0 N–H and O–H groups in total. The zero-order chi connectivity index (χ0) is 7.84. The summed E-state index contributed by atoms with van der Waals surface area (Å²) >= 11 is 0. The molecule has 0 aromatic heterocycles. The van der Waals surface area contributed by atoms with Gasteiger partial charge in [-0.25, -0.2) is 0 Å². The lowest BCUT2D eigenvalue weighted by Gasteiger charge is -2.19. The van der Waals surface area contributed by atoms with Crippen LogP contribution in [-0.2, 0) is 0 Å². The largest absolute Gasteiger partial charge is 0.302 e. The van der Waals surface area contributed by atoms with Gasteiger partial charge in [-0.3, -0.25) is 0 Å². The highest BCUT2D eigenvalue weighted by molar-refractivity contribution is 4.94. The zero-order valence-electron chi connectivity index (χ0n) is 7.58. The highest BCUT2D eigenvalue weighted by Crippen LogP contribution is 2.29. The van der Waals surface area contributed by atoms with Gasteiger partial charge in [0.15, 0.2) is 0 Å². The Labute approximate surface area is 69.2 Å². The number of likely N-dealkylation sites (tertiary alicyclic amines) is 2. The van der Waals surface area contributed by atoms with Crippen LogP contribution >= 0.6 is 0 Å². The fourth-order valence-electron chi connectivity index (χ4n) is 2.52. The minimum absolute atomic E-state index is 0.884. The molecule has 2 rings (SSSR count). The van der Waals surface area contributed by atoms with E-state index in [1.54, 1.807) is 0 Å². The second kappa shape index (κ2) is 2.76. The molecule has 0 amide bonds. The first-order valence-electron chi connectivity index (χ1n) is 4.74. The first-order valence-corrected chi connectivity index (χ1v) is 4.74. The highest BCUT2D eigenvalue weighted by Gasteiger charge is 2.38. The SMILES string of the molecule is CCN1CC2CCN(C)C2C1. The van der Waals surface area contributed by atoms with Crippen molar-refractivity contribution in [2.24, 2.45) is 5.92 Å². The first kappa shape index (κ1) is 7.56. The van der Waals surface area contributed by atoms with Crippen LogP contribution in [0.4, 0.5) is 0 Å². The summed E-state index contributed by atoms with van der Waals surface area (Å²) in [4.78, 5) is 5.10. The quantitative estimate of drug-likeness (QED) is 0.547. The van der Waals surface area contributed by atoms with Crippen molar-refractivity contribution in [3.63, 3.8) is 0 Å². The van der Waals surface area contributed by atoms with E-state index < -0.39 is 0 Å². The second-order valence-electron chi connectivity index (χ2n) is 3.95. The van der Waals surface area contributed by atoms with Gasteiger partial charge in [0.2, 0.25) is 0 Å². The molecule has 0 spiro atoms. The Morgan fingerprint density at radius 3 is 2.82 bits per heavy atom. The standard InChI is InChI=1S/C9H18N2/c1-3-11-6-8-4-5-10(2)9(8)7-11/h8-9H,3-7H2,1-2H3. The monoisotopic (exact) mass is 154 g/mol. The molecule has 2 heteroatoms. The normalized spacial score (nSPS) is 39.8. The average molecular weight is 154 g/mol. The van der Waals surface area contributed by atoms with Crippen molar-refractivity contribution in [1.82, 2.24) is 9.80 Å². The van der Waals surface area contributed by atoms with Gasteiger partial charge >= 0.3 is 0 Å². The minimum Gasteiger partial charge on any atom is -0.302 e. The number of fused-ring (bicyclic) bond motifs is 1. The smallest absolute Gasteiger partial charge is 0.0261 e. The summed E-state index contributed by atoms with van der Waals surface area (Å²) in [6, 6.07) is 0.884. The van der Waals surface area contributed by atoms with Crippen molar-refractivity contribution in [3.05, 3.63) is 0 Å². The van der Waals surface area contributed by atoms with Crippen LogP contribution in [0.2, 0.25) is 0 Å². The number of hydrogen-bond donors (Lipinski definition) is 0. The van der Waals surface area contributed by atoms with E-state index in [2.05, 4.69) is 23.8 Å². The van der Waals surface area contributed by atoms with E-state index in [4.69, 9.17) is 0 Å². The predicted octanol–water partition coefficient (Wildman–Crippen LogP) is 0.642. The summed E-state index contributed by atoms with van der Waals surface area (Å²) in [7, 11) is 2.27. The van der Waals surface area contributed by atoms with Gasteiger partial charge in [0.1, 0.15) is 0 Å². The molecule has 0 radical (unpaired) electrons. The van der Waals surface area contributed by atoms with E-state index in [1.165, 1.54) is 32.6 Å². The van der Waals surface area contributed by atoms with Crippen LogP contribution in [0.5, 0.6) is 0 Å². The van der Waals surface area contributed by atoms with Crippen molar-refractivity contribution in [1.29, 1.82) is 0 Å². The van der Waals surface area contributed by atoms with Gasteiger partial charge in [-0.05, 0) is 32.5 Å². The lowest BCUT2D eigenvalue weighted by atomic mass is 10.1. The van der Waals surface area contributed by atoms with E-state index in [0.717, 1.165) is 12.0 Å². The molecule has 0 aromatic rings. The Morgan fingerprint density at radius 1 is 1.36 bits per heavy atom. The summed E-state index contributed by atoms with van der Waals surface area (Å²) in [5.41, 5.74) is 0. The molecular formula is C9H18N2. The summed E-state index contributed by atoms with van der Waals surface area (Å²) in [6.45, 7) is 7.50. The van der Waals surface area contributed by atoms with Crippen molar-refractivity contribution >= 4 is 0 Å². The fraction of sp³-hybridized carbons (Fsp3) is 1.00. The maximum atomic E-state index is 2.57. The third kappa shape index (κ3) is 1.18. The molecule has 2 heterocycles. The molecule has 0 aromatic carbocycles. The summed E-state index contributed by atoms with van der Waals surface area (Å²) < 4.78 is 0. The van der Waals surface area contributed by atoms with Crippen LogP contribution in [0.3, 0.4) is 0 Å². The summed E-state index contributed by atoms with van der Waals surface area (Å²) in [5, 5.41) is 0. The molecule has 2 fully saturated rings. The Balaban J connectivity index is 1.98. The number of rotatable bonds is 1. The molecule has 64 valence electrons. The van der Waals surface area contributed by atoms with Gasteiger partial charge in [-0.1, -0.05) is 6.92 Å². The molecule has 2 nitrogen and oxygen atoms in total. The summed E-state index contributed by atoms with van der Waals surface area (Å²) in [5.74, 6) is 0.986. The van der Waals surface area contributed by atoms with Crippen LogP contribution in [0.1, 0.15) is 13.3 Å². The molecule has 0 bridgehead atoms. The fourth-order valence-corrected chi connectivity index (χ4v) is 2.52. The minimum atomic E-state index is 0.884. The predicted molar refractivity (Wildman–Crippen MR) is 46.6 cm³/mol. The van der Waals surface area contributed by atoms with Crippen molar-refractivity contribution in [2.75, 3.05) is 33.2 Å². The first-order chi connectivity index (χ1) is 5.31. The second-order valence-corrected chi connectivity index (χ2v) is 3.95. The molecule has 2 atom stereocenters. The molecule has 0 aliphatic carbocycles. The van der Waals surface area contributed by atoms with Gasteiger partial charge < -0.3 is 9.80 Å². The zero-order valence-corrected chi connectivity index (χ0v) is 7.58. The summed E-state index contributed by atoms with van der Waals surface area (Å²) in [6.07, 6.45) is 1.43. The van der Waals surface area contributed by atoms with Gasteiger partial charge in [-0.15, -0.1) is 0 Å².